The highest BCUT2D eigenvalue weighted by Crippen LogP contribution is 2.32. The molecule has 1 amide bonds. The van der Waals surface area contributed by atoms with Crippen molar-refractivity contribution in [2.75, 3.05) is 5.32 Å². The van der Waals surface area contributed by atoms with Gasteiger partial charge < -0.3 is 5.32 Å². The Morgan fingerprint density at radius 3 is 2.10 bits per heavy atom. The molecular weight excluding hydrogens is 402 g/mol. The first kappa shape index (κ1) is 21.8. The Hall–Kier alpha value is -2.87. The van der Waals surface area contributed by atoms with Gasteiger partial charge >= 0.3 is 5.69 Å². The number of benzene rings is 2. The lowest BCUT2D eigenvalue weighted by atomic mass is 10.1. The number of imidazole rings is 1. The van der Waals surface area contributed by atoms with Gasteiger partial charge in [0, 0.05) is 19.5 Å². The number of aromatic nitrogens is 2. The summed E-state index contributed by atoms with van der Waals surface area (Å²) in [5.41, 5.74) is 1.10. The van der Waals surface area contributed by atoms with Crippen molar-refractivity contribution in [3.8, 4) is 0 Å². The van der Waals surface area contributed by atoms with Crippen LogP contribution in [0, 0.1) is 5.92 Å². The number of fused-ring (bicyclic) bond motifs is 1. The Labute approximate surface area is 176 Å². The van der Waals surface area contributed by atoms with E-state index in [4.69, 9.17) is 0 Å². The highest BCUT2D eigenvalue weighted by atomic mass is 32.2. The van der Waals surface area contributed by atoms with Crippen molar-refractivity contribution in [3.05, 3.63) is 52.9 Å². The minimum atomic E-state index is -3.91. The molecule has 0 aliphatic carbocycles. The molecule has 0 fully saturated rings. The molecule has 0 spiro atoms. The standard InChI is InChI=1S/C22H27N3O4S/c1-5-24-18-13-17(23-21(26)12-15(3)4)20(14-19(18)25(6-2)22(24)27)30(28,29)16-10-8-7-9-11-16/h7-11,13-15H,5-6,12H2,1-4H3,(H,23,26). The number of nitrogens with zero attached hydrogens (tertiary/aromatic N) is 2. The summed E-state index contributed by atoms with van der Waals surface area (Å²) < 4.78 is 30.0. The Balaban J connectivity index is 2.31. The number of nitrogens with one attached hydrogen (secondary N) is 1. The van der Waals surface area contributed by atoms with E-state index in [1.54, 1.807) is 33.4 Å². The van der Waals surface area contributed by atoms with Crippen molar-refractivity contribution in [2.24, 2.45) is 5.92 Å². The van der Waals surface area contributed by atoms with Gasteiger partial charge in [-0.25, -0.2) is 13.2 Å². The number of carbonyl (C=O) groups excluding carboxylic acids is 1. The molecule has 7 nitrogen and oxygen atoms in total. The summed E-state index contributed by atoms with van der Waals surface area (Å²) in [6, 6.07) is 11.2. The van der Waals surface area contributed by atoms with Crippen LogP contribution < -0.4 is 11.0 Å². The fourth-order valence-corrected chi connectivity index (χ4v) is 5.01. The van der Waals surface area contributed by atoms with E-state index in [9.17, 15) is 18.0 Å². The van der Waals surface area contributed by atoms with E-state index < -0.39 is 9.84 Å². The molecule has 0 radical (unpaired) electrons. The van der Waals surface area contributed by atoms with Gasteiger partial charge in [0.15, 0.2) is 0 Å². The maximum absolute atomic E-state index is 13.4. The maximum atomic E-state index is 13.4. The summed E-state index contributed by atoms with van der Waals surface area (Å²) in [5, 5.41) is 2.77. The van der Waals surface area contributed by atoms with Crippen molar-refractivity contribution < 1.29 is 13.2 Å². The number of anilines is 1. The summed E-state index contributed by atoms with van der Waals surface area (Å²) in [6.07, 6.45) is 0.263. The van der Waals surface area contributed by atoms with Crippen molar-refractivity contribution in [1.29, 1.82) is 0 Å². The van der Waals surface area contributed by atoms with Crippen LogP contribution in [0.25, 0.3) is 11.0 Å². The largest absolute Gasteiger partial charge is 0.329 e. The first-order valence-electron chi connectivity index (χ1n) is 10.1. The third kappa shape index (κ3) is 3.92. The van der Waals surface area contributed by atoms with Crippen LogP contribution in [0.1, 0.15) is 34.1 Å². The second kappa shape index (κ2) is 8.47. The molecule has 1 N–H and O–H groups in total. The smallest absolute Gasteiger partial charge is 0.325 e. The molecule has 0 saturated heterocycles. The van der Waals surface area contributed by atoms with E-state index in [0.29, 0.717) is 24.1 Å². The van der Waals surface area contributed by atoms with Gasteiger partial charge in [-0.15, -0.1) is 0 Å². The van der Waals surface area contributed by atoms with Crippen LogP contribution in [0.4, 0.5) is 5.69 Å². The van der Waals surface area contributed by atoms with Crippen molar-refractivity contribution in [1.82, 2.24) is 9.13 Å². The molecule has 0 saturated carbocycles. The van der Waals surface area contributed by atoms with E-state index in [1.165, 1.54) is 18.2 Å². The fraction of sp³-hybridized carbons (Fsp3) is 0.364. The van der Waals surface area contributed by atoms with Gasteiger partial charge in [0.25, 0.3) is 0 Å². The summed E-state index contributed by atoms with van der Waals surface area (Å²) in [6.45, 7) is 8.37. The first-order valence-corrected chi connectivity index (χ1v) is 11.6. The second-order valence-electron chi connectivity index (χ2n) is 7.57. The predicted octanol–water partition coefficient (Wildman–Crippen LogP) is 3.66. The highest BCUT2D eigenvalue weighted by molar-refractivity contribution is 7.91. The first-order chi connectivity index (χ1) is 14.2. The molecule has 0 aliphatic rings. The summed E-state index contributed by atoms with van der Waals surface area (Å²) in [5.74, 6) is -0.146. The molecule has 8 heteroatoms. The van der Waals surface area contributed by atoms with Crippen LogP contribution >= 0.6 is 0 Å². The molecule has 3 rings (SSSR count). The van der Waals surface area contributed by atoms with Gasteiger partial charge in [0.1, 0.15) is 0 Å². The molecule has 0 atom stereocenters. The van der Waals surface area contributed by atoms with Crippen LogP contribution in [-0.4, -0.2) is 23.5 Å². The molecule has 30 heavy (non-hydrogen) atoms. The zero-order valence-corrected chi connectivity index (χ0v) is 18.5. The third-order valence-electron chi connectivity index (χ3n) is 4.96. The van der Waals surface area contributed by atoms with E-state index in [1.807, 2.05) is 27.7 Å². The Kier molecular flexibility index (Phi) is 6.17. The number of sulfone groups is 1. The van der Waals surface area contributed by atoms with Crippen molar-refractivity contribution in [2.45, 2.75) is 57.0 Å². The topological polar surface area (TPSA) is 90.2 Å². The number of carbonyl (C=O) groups is 1. The van der Waals surface area contributed by atoms with E-state index in [0.717, 1.165) is 0 Å². The number of aryl methyl sites for hydroxylation is 2. The van der Waals surface area contributed by atoms with E-state index in [-0.39, 0.29) is 39.4 Å². The number of hydrogen-bond donors (Lipinski definition) is 1. The van der Waals surface area contributed by atoms with E-state index >= 15 is 0 Å². The molecule has 3 aromatic rings. The lowest BCUT2D eigenvalue weighted by Crippen LogP contribution is -2.23. The molecule has 1 aromatic heterocycles. The molecule has 0 aliphatic heterocycles. The quantitative estimate of drug-likeness (QED) is 0.621. The van der Waals surface area contributed by atoms with Gasteiger partial charge in [-0.1, -0.05) is 32.0 Å². The minimum Gasteiger partial charge on any atom is -0.325 e. The van der Waals surface area contributed by atoms with Gasteiger partial charge in [-0.2, -0.15) is 0 Å². The minimum absolute atomic E-state index is 0.0197. The van der Waals surface area contributed by atoms with Gasteiger partial charge in [-0.3, -0.25) is 13.9 Å². The average Bonchev–Trinajstić information content (AvgIpc) is 2.96. The molecule has 160 valence electrons. The van der Waals surface area contributed by atoms with E-state index in [2.05, 4.69) is 5.32 Å². The Morgan fingerprint density at radius 1 is 1.00 bits per heavy atom. The van der Waals surface area contributed by atoms with Crippen molar-refractivity contribution >= 4 is 32.5 Å². The number of hydrogen-bond acceptors (Lipinski definition) is 4. The SMILES string of the molecule is CCn1c(=O)n(CC)c2cc(S(=O)(=O)c3ccccc3)c(NC(=O)CC(C)C)cc21. The summed E-state index contributed by atoms with van der Waals surface area (Å²) in [4.78, 5) is 25.3. The molecule has 1 heterocycles. The van der Waals surface area contributed by atoms with Gasteiger partial charge in [0.05, 0.1) is 26.5 Å². The highest BCUT2D eigenvalue weighted by Gasteiger charge is 2.25. The lowest BCUT2D eigenvalue weighted by Gasteiger charge is -2.14. The zero-order valence-electron chi connectivity index (χ0n) is 17.7. The predicted molar refractivity (Wildman–Crippen MR) is 118 cm³/mol. The molecule has 0 bridgehead atoms. The monoisotopic (exact) mass is 429 g/mol. The normalized spacial score (nSPS) is 11.9. The molecular formula is C22H27N3O4S. The number of rotatable bonds is 7. The Morgan fingerprint density at radius 2 is 1.57 bits per heavy atom. The molecule has 2 aromatic carbocycles. The third-order valence-corrected chi connectivity index (χ3v) is 6.77. The Bertz CT molecular complexity index is 1240. The van der Waals surface area contributed by atoms with Crippen LogP contribution in [0.2, 0.25) is 0 Å². The number of amides is 1. The van der Waals surface area contributed by atoms with Crippen LogP contribution in [0.3, 0.4) is 0 Å². The zero-order chi connectivity index (χ0) is 22.1. The summed E-state index contributed by atoms with van der Waals surface area (Å²) in [7, 11) is -3.91. The van der Waals surface area contributed by atoms with Gasteiger partial charge in [0.2, 0.25) is 15.7 Å². The van der Waals surface area contributed by atoms with Crippen molar-refractivity contribution in [3.63, 3.8) is 0 Å². The lowest BCUT2D eigenvalue weighted by molar-refractivity contribution is -0.116. The average molecular weight is 430 g/mol. The fourth-order valence-electron chi connectivity index (χ4n) is 3.57. The van der Waals surface area contributed by atoms with Gasteiger partial charge in [-0.05, 0) is 44.0 Å². The van der Waals surface area contributed by atoms with Crippen LogP contribution in [0.5, 0.6) is 0 Å². The van der Waals surface area contributed by atoms with Crippen LogP contribution in [0.15, 0.2) is 57.1 Å². The maximum Gasteiger partial charge on any atom is 0.329 e. The van der Waals surface area contributed by atoms with Crippen LogP contribution in [-0.2, 0) is 27.7 Å². The second-order valence-corrected chi connectivity index (χ2v) is 9.49. The summed E-state index contributed by atoms with van der Waals surface area (Å²) >= 11 is 0. The molecule has 0 unspecified atom stereocenters.